The molecule has 102 valence electrons. The van der Waals surface area contributed by atoms with E-state index in [4.69, 9.17) is 5.73 Å². The first kappa shape index (κ1) is 14.7. The fraction of sp³-hybridized carbons (Fsp3) is 1.00. The normalized spacial score (nSPS) is 30.0. The molecule has 4 N–H and O–H groups in total. The van der Waals surface area contributed by atoms with Gasteiger partial charge in [-0.15, -0.1) is 10.3 Å². The SMILES string of the molecule is NC1CCC(N[N+]([O-])(O)CCC(F)(F)F)CC1. The van der Waals surface area contributed by atoms with E-state index in [2.05, 4.69) is 5.43 Å². The number of quaternary nitrogens is 1. The summed E-state index contributed by atoms with van der Waals surface area (Å²) in [6, 6.07) is -0.194. The Bertz CT molecular complexity index is 240. The molecule has 0 aromatic carbocycles. The van der Waals surface area contributed by atoms with Crippen LogP contribution >= 0.6 is 0 Å². The van der Waals surface area contributed by atoms with Gasteiger partial charge in [0.05, 0.1) is 12.5 Å². The number of hydrogen-bond donors (Lipinski definition) is 3. The van der Waals surface area contributed by atoms with Crippen LogP contribution in [0, 0.1) is 5.21 Å². The predicted octanol–water partition coefficient (Wildman–Crippen LogP) is 1.42. The highest BCUT2D eigenvalue weighted by Crippen LogP contribution is 2.22. The Morgan fingerprint density at radius 1 is 1.29 bits per heavy atom. The van der Waals surface area contributed by atoms with Crippen LogP contribution in [-0.2, 0) is 0 Å². The van der Waals surface area contributed by atoms with Gasteiger partial charge in [-0.3, -0.25) is 0 Å². The molecule has 0 aromatic rings. The van der Waals surface area contributed by atoms with Crippen LogP contribution in [0.4, 0.5) is 13.2 Å². The van der Waals surface area contributed by atoms with Gasteiger partial charge in [0.25, 0.3) is 0 Å². The van der Waals surface area contributed by atoms with Crippen LogP contribution in [0.3, 0.4) is 0 Å². The van der Waals surface area contributed by atoms with Gasteiger partial charge in [-0.2, -0.15) is 18.4 Å². The summed E-state index contributed by atoms with van der Waals surface area (Å²) in [4.78, 5) is -2.04. The molecule has 0 spiro atoms. The maximum absolute atomic E-state index is 11.9. The van der Waals surface area contributed by atoms with Crippen molar-refractivity contribution in [2.24, 2.45) is 5.73 Å². The Morgan fingerprint density at radius 2 is 1.82 bits per heavy atom. The van der Waals surface area contributed by atoms with Gasteiger partial charge < -0.3 is 10.9 Å². The van der Waals surface area contributed by atoms with Crippen molar-refractivity contribution in [1.29, 1.82) is 0 Å². The topological polar surface area (TPSA) is 81.3 Å². The minimum atomic E-state index is -4.44. The van der Waals surface area contributed by atoms with Crippen LogP contribution in [0.25, 0.3) is 0 Å². The lowest BCUT2D eigenvalue weighted by atomic mass is 9.92. The molecule has 17 heavy (non-hydrogen) atoms. The molecule has 1 saturated carbocycles. The third-order valence-corrected chi connectivity index (χ3v) is 2.85. The van der Waals surface area contributed by atoms with Gasteiger partial charge in [-0.05, 0) is 25.7 Å². The average Bonchev–Trinajstić information content (AvgIpc) is 2.18. The van der Waals surface area contributed by atoms with Crippen molar-refractivity contribution in [3.8, 4) is 0 Å². The smallest absolute Gasteiger partial charge is 0.394 e. The van der Waals surface area contributed by atoms with Crippen molar-refractivity contribution >= 4 is 0 Å². The zero-order chi connectivity index (χ0) is 13.1. The monoisotopic (exact) mass is 257 g/mol. The fourth-order valence-corrected chi connectivity index (χ4v) is 1.88. The molecular formula is C9H18F3N3O2. The van der Waals surface area contributed by atoms with Gasteiger partial charge in [0, 0.05) is 6.04 Å². The number of alkyl halides is 3. The molecule has 8 heteroatoms. The number of nitrogens with two attached hydrogens (primary N) is 1. The first-order chi connectivity index (χ1) is 7.68. The van der Waals surface area contributed by atoms with E-state index in [0.29, 0.717) is 25.7 Å². The van der Waals surface area contributed by atoms with E-state index in [1.807, 2.05) is 0 Å². The van der Waals surface area contributed by atoms with Gasteiger partial charge in [-0.1, -0.05) is 0 Å². The third kappa shape index (κ3) is 6.18. The van der Waals surface area contributed by atoms with E-state index in [1.54, 1.807) is 0 Å². The summed E-state index contributed by atoms with van der Waals surface area (Å²) in [7, 11) is 0. The highest BCUT2D eigenvalue weighted by Gasteiger charge is 2.33. The number of halogens is 3. The molecule has 0 aliphatic heterocycles. The summed E-state index contributed by atoms with van der Waals surface area (Å²) >= 11 is 0. The van der Waals surface area contributed by atoms with Gasteiger partial charge in [0.1, 0.15) is 6.54 Å². The molecule has 1 aliphatic rings. The molecule has 5 nitrogen and oxygen atoms in total. The average molecular weight is 257 g/mol. The third-order valence-electron chi connectivity index (χ3n) is 2.85. The Hall–Kier alpha value is -0.410. The van der Waals surface area contributed by atoms with Gasteiger partial charge in [0.2, 0.25) is 0 Å². The number of nitrogens with zero attached hydrogens (tertiary/aromatic N) is 1. The summed E-state index contributed by atoms with van der Waals surface area (Å²) in [5.41, 5.74) is 7.92. The first-order valence-corrected chi connectivity index (χ1v) is 5.60. The van der Waals surface area contributed by atoms with Crippen LogP contribution in [-0.4, -0.2) is 34.9 Å². The highest BCUT2D eigenvalue weighted by molar-refractivity contribution is 4.76. The van der Waals surface area contributed by atoms with Crippen molar-refractivity contribution in [3.05, 3.63) is 5.21 Å². The summed E-state index contributed by atoms with van der Waals surface area (Å²) in [5.74, 6) is 0. The van der Waals surface area contributed by atoms with Crippen molar-refractivity contribution < 1.29 is 23.3 Å². The zero-order valence-electron chi connectivity index (χ0n) is 9.41. The maximum Gasteiger partial charge on any atom is 0.394 e. The van der Waals surface area contributed by atoms with Crippen LogP contribution < -0.4 is 11.2 Å². The molecule has 1 atom stereocenters. The maximum atomic E-state index is 11.9. The standard InChI is InChI=1S/C9H18F3N3O2/c10-9(11,12)5-6-15(16,17)14-8-3-1-7(13)2-4-8/h7-8,14,16H,1-6,13H2. The quantitative estimate of drug-likeness (QED) is 0.525. The molecule has 0 heterocycles. The molecule has 0 amide bonds. The van der Waals surface area contributed by atoms with Crippen LogP contribution in [0.5, 0.6) is 0 Å². The fourth-order valence-electron chi connectivity index (χ4n) is 1.88. The van der Waals surface area contributed by atoms with Crippen LogP contribution in [0.15, 0.2) is 0 Å². The number of nitrogens with one attached hydrogen (secondary N) is 1. The molecule has 1 unspecified atom stereocenters. The lowest BCUT2D eigenvalue weighted by Gasteiger charge is -2.38. The Balaban J connectivity index is 2.33. The van der Waals surface area contributed by atoms with Gasteiger partial charge in [0.15, 0.2) is 0 Å². The minimum Gasteiger partial charge on any atom is -0.578 e. The largest absolute Gasteiger partial charge is 0.578 e. The van der Waals surface area contributed by atoms with Gasteiger partial charge >= 0.3 is 6.18 Å². The van der Waals surface area contributed by atoms with E-state index < -0.39 is 24.1 Å². The zero-order valence-corrected chi connectivity index (χ0v) is 9.41. The predicted molar refractivity (Wildman–Crippen MR) is 54.3 cm³/mol. The Labute approximate surface area is 97.5 Å². The highest BCUT2D eigenvalue weighted by atomic mass is 19.4. The van der Waals surface area contributed by atoms with Gasteiger partial charge in [-0.25, -0.2) is 0 Å². The van der Waals surface area contributed by atoms with E-state index >= 15 is 0 Å². The first-order valence-electron chi connectivity index (χ1n) is 5.60. The summed E-state index contributed by atoms with van der Waals surface area (Å²) < 4.78 is 35.7. The second-order valence-corrected chi connectivity index (χ2v) is 4.53. The molecular weight excluding hydrogens is 239 g/mol. The second kappa shape index (κ2) is 5.49. The Morgan fingerprint density at radius 3 is 2.29 bits per heavy atom. The molecule has 0 saturated heterocycles. The second-order valence-electron chi connectivity index (χ2n) is 4.53. The molecule has 0 bridgehead atoms. The van der Waals surface area contributed by atoms with Crippen LogP contribution in [0.2, 0.25) is 0 Å². The summed E-state index contributed by atoms with van der Waals surface area (Å²) in [6.45, 7) is -0.938. The van der Waals surface area contributed by atoms with E-state index in [0.717, 1.165) is 0 Å². The molecule has 0 aromatic heterocycles. The van der Waals surface area contributed by atoms with Crippen molar-refractivity contribution in [3.63, 3.8) is 0 Å². The van der Waals surface area contributed by atoms with E-state index in [-0.39, 0.29) is 12.1 Å². The van der Waals surface area contributed by atoms with Crippen molar-refractivity contribution in [1.82, 2.24) is 5.43 Å². The molecule has 0 radical (unpaired) electrons. The molecule has 1 rings (SSSR count). The summed E-state index contributed by atoms with van der Waals surface area (Å²) in [5, 5.41) is 20.6. The molecule has 1 aliphatic carbocycles. The minimum absolute atomic E-state index is 0.0791. The number of hydroxylamine groups is 2. The van der Waals surface area contributed by atoms with E-state index in [1.165, 1.54) is 0 Å². The van der Waals surface area contributed by atoms with E-state index in [9.17, 15) is 23.6 Å². The lowest BCUT2D eigenvalue weighted by molar-refractivity contribution is -1.10. The molecule has 1 fully saturated rings. The number of rotatable bonds is 4. The van der Waals surface area contributed by atoms with Crippen molar-refractivity contribution in [2.45, 2.75) is 50.4 Å². The Kier molecular flexibility index (Phi) is 4.73. The van der Waals surface area contributed by atoms with Crippen molar-refractivity contribution in [2.75, 3.05) is 6.54 Å². The lowest BCUT2D eigenvalue weighted by Crippen LogP contribution is -2.57. The number of hydrogen-bond acceptors (Lipinski definition) is 4. The van der Waals surface area contributed by atoms with Crippen LogP contribution in [0.1, 0.15) is 32.1 Å². The summed E-state index contributed by atoms with van der Waals surface area (Å²) in [6.07, 6.45) is -3.15.